The van der Waals surface area contributed by atoms with Crippen molar-refractivity contribution in [1.29, 1.82) is 0 Å². The van der Waals surface area contributed by atoms with Gasteiger partial charge in [0.1, 0.15) is 16.7 Å². The third-order valence-electron chi connectivity index (χ3n) is 10.3. The average Bonchev–Trinajstić information content (AvgIpc) is 3.21. The second-order valence-electron chi connectivity index (χ2n) is 13.1. The molecular formula is C37H51ClN2O6S. The molecule has 0 spiro atoms. The van der Waals surface area contributed by atoms with Gasteiger partial charge in [-0.15, -0.1) is 0 Å². The molecule has 47 heavy (non-hydrogen) atoms. The number of carbonyl (C=O) groups is 2. The zero-order chi connectivity index (χ0) is 34.5. The number of carboxylic acid groups (broad SMARTS) is 1. The number of aliphatic carboxylic acids is 1. The maximum atomic E-state index is 13.4. The molecule has 2 aromatic rings. The normalized spacial score (nSPS) is 30.6. The highest BCUT2D eigenvalue weighted by atomic mass is 35.5. The highest BCUT2D eigenvalue weighted by Crippen LogP contribution is 2.48. The molecule has 1 fully saturated rings. The fraction of sp³-hybridized carbons (Fsp3) is 0.568. The molecule has 8 atom stereocenters. The molecule has 5 rings (SSSR count). The van der Waals surface area contributed by atoms with E-state index in [1.54, 1.807) is 31.2 Å². The lowest BCUT2D eigenvalue weighted by Gasteiger charge is -2.49. The highest BCUT2D eigenvalue weighted by molar-refractivity contribution is 7.84. The summed E-state index contributed by atoms with van der Waals surface area (Å²) in [5.74, 6) is -2.15. The van der Waals surface area contributed by atoms with Crippen molar-refractivity contribution in [1.82, 2.24) is 4.72 Å². The summed E-state index contributed by atoms with van der Waals surface area (Å²) >= 11 is 6.40. The van der Waals surface area contributed by atoms with E-state index in [0.29, 0.717) is 48.9 Å². The number of hydrogen-bond acceptors (Lipinski definition) is 6. The predicted molar refractivity (Wildman–Crippen MR) is 190 cm³/mol. The molecule has 1 amide bonds. The van der Waals surface area contributed by atoms with E-state index >= 15 is 0 Å². The number of carboxylic acids is 1. The number of benzene rings is 2. The summed E-state index contributed by atoms with van der Waals surface area (Å²) in [4.78, 5) is 27.8. The van der Waals surface area contributed by atoms with Gasteiger partial charge in [0.25, 0.3) is 5.91 Å². The molecule has 0 saturated heterocycles. The number of aryl methyl sites for hydroxylation is 1. The second kappa shape index (κ2) is 16.0. The van der Waals surface area contributed by atoms with Crippen LogP contribution in [0.1, 0.15) is 94.6 Å². The predicted octanol–water partition coefficient (Wildman–Crippen LogP) is 7.16. The number of fused-ring (bicyclic) bond motifs is 2. The number of nitrogens with zero attached hydrogens (tertiary/aromatic N) is 1. The van der Waals surface area contributed by atoms with Crippen molar-refractivity contribution in [3.63, 3.8) is 0 Å². The Morgan fingerprint density at radius 3 is 2.57 bits per heavy atom. The lowest BCUT2D eigenvalue weighted by molar-refractivity contribution is -0.156. The van der Waals surface area contributed by atoms with Crippen LogP contribution in [0.4, 0.5) is 5.69 Å². The summed E-state index contributed by atoms with van der Waals surface area (Å²) in [5, 5.41) is 22.4. The minimum atomic E-state index is -1.65. The Kier molecular flexibility index (Phi) is 12.6. The molecule has 3 aliphatic rings. The minimum Gasteiger partial charge on any atom is -0.491 e. The molecule has 0 aromatic heterocycles. The first-order valence-electron chi connectivity index (χ1n) is 17.1. The van der Waals surface area contributed by atoms with Crippen LogP contribution in [0.3, 0.4) is 0 Å². The maximum Gasteiger partial charge on any atom is 0.309 e. The van der Waals surface area contributed by atoms with E-state index in [-0.39, 0.29) is 28.9 Å². The van der Waals surface area contributed by atoms with Crippen LogP contribution in [0.15, 0.2) is 48.6 Å². The van der Waals surface area contributed by atoms with Crippen molar-refractivity contribution in [3.8, 4) is 5.75 Å². The van der Waals surface area contributed by atoms with E-state index in [4.69, 9.17) is 16.3 Å². The molecule has 10 heteroatoms. The van der Waals surface area contributed by atoms with E-state index in [1.807, 2.05) is 45.9 Å². The fourth-order valence-electron chi connectivity index (χ4n) is 7.04. The van der Waals surface area contributed by atoms with E-state index in [2.05, 4.69) is 22.6 Å². The molecule has 0 radical (unpaired) electrons. The third-order valence-corrected chi connectivity index (χ3v) is 12.0. The summed E-state index contributed by atoms with van der Waals surface area (Å²) in [6, 6.07) is 11.3. The topological polar surface area (TPSA) is 116 Å². The van der Waals surface area contributed by atoms with E-state index in [1.165, 1.54) is 11.1 Å². The molecular weight excluding hydrogens is 636 g/mol. The van der Waals surface area contributed by atoms with Crippen LogP contribution in [0.2, 0.25) is 5.02 Å². The van der Waals surface area contributed by atoms with Crippen LogP contribution >= 0.6 is 11.6 Å². The lowest BCUT2D eigenvalue weighted by atomic mass is 9.60. The third kappa shape index (κ3) is 8.06. The lowest BCUT2D eigenvalue weighted by Crippen LogP contribution is -2.55. The molecule has 258 valence electrons. The Morgan fingerprint density at radius 2 is 1.91 bits per heavy atom. The minimum absolute atomic E-state index is 0.00387. The summed E-state index contributed by atoms with van der Waals surface area (Å²) in [5.41, 5.74) is 1.95. The zero-order valence-corrected chi connectivity index (χ0v) is 30.1. The van der Waals surface area contributed by atoms with Gasteiger partial charge in [0, 0.05) is 29.6 Å². The van der Waals surface area contributed by atoms with Gasteiger partial charge in [0.2, 0.25) is 0 Å². The maximum absolute atomic E-state index is 13.4. The summed E-state index contributed by atoms with van der Waals surface area (Å²) in [6.07, 6.45) is 7.39. The quantitative estimate of drug-likeness (QED) is 0.286. The van der Waals surface area contributed by atoms with Crippen LogP contribution in [-0.2, 0) is 22.2 Å². The first-order valence-corrected chi connectivity index (χ1v) is 18.7. The zero-order valence-electron chi connectivity index (χ0n) is 28.5. The number of hydrogen-bond donors (Lipinski definition) is 3. The van der Waals surface area contributed by atoms with Crippen molar-refractivity contribution in [2.45, 2.75) is 90.4 Å². The number of carbonyl (C=O) groups excluding carboxylic acids is 1. The van der Waals surface area contributed by atoms with Gasteiger partial charge in [-0.25, -0.2) is 4.21 Å². The number of allylic oxidation sites excluding steroid dienone is 1. The molecule has 8 nitrogen and oxygen atoms in total. The van der Waals surface area contributed by atoms with Crippen molar-refractivity contribution >= 4 is 40.2 Å². The Morgan fingerprint density at radius 1 is 1.17 bits per heavy atom. The van der Waals surface area contributed by atoms with Gasteiger partial charge in [-0.1, -0.05) is 63.9 Å². The van der Waals surface area contributed by atoms with E-state index in [9.17, 15) is 24.0 Å². The van der Waals surface area contributed by atoms with Gasteiger partial charge in [-0.2, -0.15) is 0 Å². The molecule has 2 bridgehead atoms. The first-order chi connectivity index (χ1) is 22.4. The van der Waals surface area contributed by atoms with Gasteiger partial charge in [-0.3, -0.25) is 14.3 Å². The highest BCUT2D eigenvalue weighted by Gasteiger charge is 2.51. The molecule has 2 aliphatic heterocycles. The van der Waals surface area contributed by atoms with Crippen LogP contribution in [0.25, 0.3) is 0 Å². The Bertz CT molecular complexity index is 1480. The molecule has 1 aliphatic carbocycles. The number of halogens is 1. The van der Waals surface area contributed by atoms with E-state index < -0.39 is 34.4 Å². The number of rotatable bonds is 5. The molecule has 2 heterocycles. The van der Waals surface area contributed by atoms with Crippen molar-refractivity contribution in [2.75, 3.05) is 24.6 Å². The monoisotopic (exact) mass is 686 g/mol. The van der Waals surface area contributed by atoms with Crippen molar-refractivity contribution < 1.29 is 28.7 Å². The van der Waals surface area contributed by atoms with Crippen LogP contribution in [-0.4, -0.2) is 56.8 Å². The summed E-state index contributed by atoms with van der Waals surface area (Å²) in [6.45, 7) is 13.1. The number of aliphatic hydroxyl groups is 1. The SMILES string of the molecule is CC.CCCc1cc(Cl)ccc1C1COc2ccc3cc2N(C1)CC1CCC1C(O)([C@H](C)C(=O)O)/C=C/CC(C)C(C)S(=O)NC3=O. The fourth-order valence-corrected chi connectivity index (χ4v) is 8.25. The smallest absolute Gasteiger partial charge is 0.309 e. The van der Waals surface area contributed by atoms with Crippen molar-refractivity contribution in [3.05, 3.63) is 70.3 Å². The molecule has 2 aromatic carbocycles. The van der Waals surface area contributed by atoms with Crippen molar-refractivity contribution in [2.24, 2.45) is 23.7 Å². The Balaban J connectivity index is 0.00000245. The number of nitrogens with one attached hydrogen (secondary N) is 1. The van der Waals surface area contributed by atoms with Crippen LogP contribution in [0.5, 0.6) is 5.75 Å². The summed E-state index contributed by atoms with van der Waals surface area (Å²) in [7, 11) is -1.65. The largest absolute Gasteiger partial charge is 0.491 e. The van der Waals surface area contributed by atoms with Crippen LogP contribution in [0, 0.1) is 23.7 Å². The average molecular weight is 687 g/mol. The van der Waals surface area contributed by atoms with Crippen LogP contribution < -0.4 is 14.4 Å². The Hall–Kier alpha value is -2.88. The molecule has 1 saturated carbocycles. The summed E-state index contributed by atoms with van der Waals surface area (Å²) < 4.78 is 22.3. The number of ether oxygens (including phenoxy) is 1. The number of anilines is 1. The first kappa shape index (κ1) is 36.9. The van der Waals surface area contributed by atoms with Gasteiger partial charge in [-0.05, 0) is 98.7 Å². The van der Waals surface area contributed by atoms with Gasteiger partial charge in [0.15, 0.2) is 0 Å². The number of amides is 1. The molecule has 7 unspecified atom stereocenters. The standard InChI is InChI=1S/C35H45ClN2O6S.C2H6/c1-5-7-24-16-28(36)11-12-29(24)27-19-38-18-26-9-13-30(26)35(42,22(3)34(40)41)15-6-8-21(2)23(4)45(43)37-33(39)25-10-14-32(44-20-27)31(38)17-25;1-2/h6,10-12,14-17,21-23,26-27,30,42H,5,7-9,13,18-20H2,1-4H3,(H,37,39)(H,40,41);1-2H3/b15-6+;/t21?,22-,23?,26?,27?,30?,35?,45?;/m1./s1. The Labute approximate surface area is 287 Å². The van der Waals surface area contributed by atoms with Gasteiger partial charge >= 0.3 is 5.97 Å². The van der Waals surface area contributed by atoms with Gasteiger partial charge < -0.3 is 19.8 Å². The van der Waals surface area contributed by atoms with E-state index in [0.717, 1.165) is 24.9 Å². The molecule has 3 N–H and O–H groups in total. The van der Waals surface area contributed by atoms with Gasteiger partial charge in [0.05, 0.1) is 29.1 Å². The second-order valence-corrected chi connectivity index (χ2v) is 15.1.